The molecule has 0 bridgehead atoms. The van der Waals surface area contributed by atoms with Crippen LogP contribution in [-0.4, -0.2) is 43.8 Å². The van der Waals surface area contributed by atoms with Crippen LogP contribution in [0.25, 0.3) is 0 Å². The van der Waals surface area contributed by atoms with Crippen molar-refractivity contribution in [1.82, 2.24) is 5.32 Å². The molecular weight excluding hydrogens is 228 g/mol. The van der Waals surface area contributed by atoms with Crippen molar-refractivity contribution in [2.45, 2.75) is 50.2 Å². The second kappa shape index (κ2) is 9.66. The molecule has 0 spiro atoms. The molecule has 0 aromatic carbocycles. The zero-order chi connectivity index (χ0) is 14.0. The first kappa shape index (κ1) is 17.8. The summed E-state index contributed by atoms with van der Waals surface area (Å²) in [6.45, 7) is 4.79. The molecule has 0 aromatic rings. The molecule has 110 valence electrons. The van der Waals surface area contributed by atoms with Crippen molar-refractivity contribution in [2.75, 3.05) is 26.2 Å². The molecule has 0 saturated carbocycles. The van der Waals surface area contributed by atoms with Gasteiger partial charge in [0.15, 0.2) is 0 Å². The predicted octanol–water partition coefficient (Wildman–Crippen LogP) is -1.57. The minimum Gasteiger partial charge on any atom is -0.330 e. The molecule has 0 amide bonds. The summed E-state index contributed by atoms with van der Waals surface area (Å²) >= 11 is 0. The highest BCUT2D eigenvalue weighted by molar-refractivity contribution is 4.95. The molecular formula is C12H32N6. The fourth-order valence-electron chi connectivity index (χ4n) is 2.04. The first-order valence-electron chi connectivity index (χ1n) is 6.87. The van der Waals surface area contributed by atoms with Gasteiger partial charge in [-0.15, -0.1) is 0 Å². The van der Waals surface area contributed by atoms with Gasteiger partial charge < -0.3 is 34.0 Å². The van der Waals surface area contributed by atoms with Gasteiger partial charge in [-0.3, -0.25) is 0 Å². The van der Waals surface area contributed by atoms with Crippen molar-refractivity contribution in [3.8, 4) is 0 Å². The molecule has 18 heavy (non-hydrogen) atoms. The van der Waals surface area contributed by atoms with E-state index in [1.54, 1.807) is 0 Å². The lowest BCUT2D eigenvalue weighted by Crippen LogP contribution is -2.57. The van der Waals surface area contributed by atoms with Gasteiger partial charge in [0, 0.05) is 24.2 Å². The van der Waals surface area contributed by atoms with Crippen molar-refractivity contribution in [2.24, 2.45) is 28.7 Å². The van der Waals surface area contributed by atoms with Crippen LogP contribution in [0.15, 0.2) is 0 Å². The molecule has 0 aliphatic rings. The summed E-state index contributed by atoms with van der Waals surface area (Å²) in [5.41, 5.74) is 29.0. The summed E-state index contributed by atoms with van der Waals surface area (Å²) in [7, 11) is 0. The Balaban J connectivity index is 4.19. The van der Waals surface area contributed by atoms with Crippen molar-refractivity contribution in [3.63, 3.8) is 0 Å². The summed E-state index contributed by atoms with van der Waals surface area (Å²) in [5, 5.41) is 3.29. The molecule has 0 fully saturated rings. The number of rotatable bonds is 11. The van der Waals surface area contributed by atoms with E-state index >= 15 is 0 Å². The normalized spacial score (nSPS) is 18.3. The fraction of sp³-hybridized carbons (Fsp3) is 1.00. The third kappa shape index (κ3) is 7.25. The van der Waals surface area contributed by atoms with Crippen molar-refractivity contribution < 1.29 is 0 Å². The van der Waals surface area contributed by atoms with Gasteiger partial charge in [-0.2, -0.15) is 0 Å². The molecule has 0 heterocycles. The lowest BCUT2D eigenvalue weighted by molar-refractivity contribution is 0.280. The molecule has 6 heteroatoms. The van der Waals surface area contributed by atoms with Crippen LogP contribution in [0.2, 0.25) is 0 Å². The Morgan fingerprint density at radius 1 is 1.11 bits per heavy atom. The van der Waals surface area contributed by atoms with Crippen LogP contribution in [0.3, 0.4) is 0 Å². The Kier molecular flexibility index (Phi) is 9.53. The summed E-state index contributed by atoms with van der Waals surface area (Å²) in [4.78, 5) is 0. The van der Waals surface area contributed by atoms with Gasteiger partial charge in [0.2, 0.25) is 0 Å². The average Bonchev–Trinajstić information content (AvgIpc) is 2.32. The van der Waals surface area contributed by atoms with E-state index in [0.717, 1.165) is 38.8 Å². The van der Waals surface area contributed by atoms with Crippen molar-refractivity contribution in [1.29, 1.82) is 0 Å². The monoisotopic (exact) mass is 260 g/mol. The Bertz CT molecular complexity index is 199. The molecule has 0 rings (SSSR count). The molecule has 0 radical (unpaired) electrons. The van der Waals surface area contributed by atoms with E-state index in [-0.39, 0.29) is 17.6 Å². The third-order valence-electron chi connectivity index (χ3n) is 3.30. The van der Waals surface area contributed by atoms with E-state index in [2.05, 4.69) is 5.32 Å². The topological polar surface area (TPSA) is 142 Å². The smallest absolute Gasteiger partial charge is 0.0320 e. The minimum atomic E-state index is -0.385. The molecule has 0 aromatic heterocycles. The van der Waals surface area contributed by atoms with Crippen LogP contribution in [0.1, 0.15) is 32.6 Å². The van der Waals surface area contributed by atoms with Crippen molar-refractivity contribution in [3.05, 3.63) is 0 Å². The minimum absolute atomic E-state index is 0.0776. The van der Waals surface area contributed by atoms with Crippen LogP contribution in [0.4, 0.5) is 0 Å². The largest absolute Gasteiger partial charge is 0.330 e. The molecule has 0 saturated heterocycles. The quantitative estimate of drug-likeness (QED) is 0.248. The summed E-state index contributed by atoms with van der Waals surface area (Å²) in [6, 6.07) is 0.0741. The number of nitrogens with two attached hydrogens (primary N) is 5. The maximum Gasteiger partial charge on any atom is 0.0320 e. The zero-order valence-corrected chi connectivity index (χ0v) is 11.7. The third-order valence-corrected chi connectivity index (χ3v) is 3.30. The van der Waals surface area contributed by atoms with E-state index in [1.807, 2.05) is 6.92 Å². The molecule has 0 aliphatic heterocycles. The maximum absolute atomic E-state index is 6.42. The van der Waals surface area contributed by atoms with Crippen molar-refractivity contribution >= 4 is 0 Å². The highest BCUT2D eigenvalue weighted by atomic mass is 14.9. The van der Waals surface area contributed by atoms with Crippen LogP contribution in [0, 0.1) is 0 Å². The first-order valence-corrected chi connectivity index (χ1v) is 6.87. The second-order valence-corrected chi connectivity index (χ2v) is 5.24. The van der Waals surface area contributed by atoms with Crippen LogP contribution >= 0.6 is 0 Å². The van der Waals surface area contributed by atoms with E-state index in [0.29, 0.717) is 13.1 Å². The second-order valence-electron chi connectivity index (χ2n) is 5.24. The van der Waals surface area contributed by atoms with E-state index in [4.69, 9.17) is 28.7 Å². The predicted molar refractivity (Wildman–Crippen MR) is 78.0 cm³/mol. The Hall–Kier alpha value is -0.240. The molecule has 3 unspecified atom stereocenters. The lowest BCUT2D eigenvalue weighted by atomic mass is 9.82. The Morgan fingerprint density at radius 2 is 1.78 bits per heavy atom. The van der Waals surface area contributed by atoms with Crippen LogP contribution in [0.5, 0.6) is 0 Å². The average molecular weight is 260 g/mol. The number of hydrogen-bond donors (Lipinski definition) is 6. The van der Waals surface area contributed by atoms with Crippen LogP contribution in [-0.2, 0) is 0 Å². The summed E-state index contributed by atoms with van der Waals surface area (Å²) in [6.07, 6.45) is 3.29. The number of nitrogens with one attached hydrogen (secondary N) is 1. The molecule has 0 aliphatic carbocycles. The van der Waals surface area contributed by atoms with Gasteiger partial charge in [0.25, 0.3) is 0 Å². The van der Waals surface area contributed by atoms with Gasteiger partial charge in [0.05, 0.1) is 0 Å². The van der Waals surface area contributed by atoms with E-state index in [9.17, 15) is 0 Å². The highest BCUT2D eigenvalue weighted by Crippen LogP contribution is 2.19. The van der Waals surface area contributed by atoms with Gasteiger partial charge in [-0.25, -0.2) is 0 Å². The SMILES string of the molecule is CC(N)CNCCC(N)(CCCN)C(N)CCN. The maximum atomic E-state index is 6.42. The van der Waals surface area contributed by atoms with Gasteiger partial charge in [-0.1, -0.05) is 0 Å². The Morgan fingerprint density at radius 3 is 2.28 bits per heavy atom. The fourth-order valence-corrected chi connectivity index (χ4v) is 2.04. The zero-order valence-electron chi connectivity index (χ0n) is 11.7. The standard InChI is InChI=1S/C12H32N6/c1-10(15)9-18-8-5-12(17,4-2-6-13)11(16)3-7-14/h10-11,18H,2-9,13-17H2,1H3. The van der Waals surface area contributed by atoms with Gasteiger partial charge >= 0.3 is 0 Å². The first-order chi connectivity index (χ1) is 8.46. The van der Waals surface area contributed by atoms with E-state index < -0.39 is 0 Å². The number of hydrogen-bond acceptors (Lipinski definition) is 6. The van der Waals surface area contributed by atoms with Gasteiger partial charge in [0.1, 0.15) is 0 Å². The van der Waals surface area contributed by atoms with Gasteiger partial charge in [-0.05, 0) is 52.2 Å². The molecule has 6 nitrogen and oxygen atoms in total. The lowest BCUT2D eigenvalue weighted by Gasteiger charge is -2.36. The van der Waals surface area contributed by atoms with Crippen LogP contribution < -0.4 is 34.0 Å². The highest BCUT2D eigenvalue weighted by Gasteiger charge is 2.30. The molecule has 3 atom stereocenters. The van der Waals surface area contributed by atoms with E-state index in [1.165, 1.54) is 0 Å². The summed E-state index contributed by atoms with van der Waals surface area (Å²) < 4.78 is 0. The molecule has 11 N–H and O–H groups in total. The summed E-state index contributed by atoms with van der Waals surface area (Å²) in [5.74, 6) is 0. The Labute approximate surface area is 111 Å².